The van der Waals surface area contributed by atoms with Gasteiger partial charge >= 0.3 is 0 Å². The molecule has 3 rings (SSSR count). The van der Waals surface area contributed by atoms with Gasteiger partial charge in [-0.05, 0) is 25.0 Å². The molecule has 0 unspecified atom stereocenters. The van der Waals surface area contributed by atoms with Gasteiger partial charge in [0.1, 0.15) is 4.90 Å². The summed E-state index contributed by atoms with van der Waals surface area (Å²) in [6.07, 6.45) is 3.15. The van der Waals surface area contributed by atoms with E-state index < -0.39 is 15.9 Å². The van der Waals surface area contributed by atoms with Crippen molar-refractivity contribution in [3.05, 3.63) is 41.7 Å². The summed E-state index contributed by atoms with van der Waals surface area (Å²) in [5.74, 6) is -0.813. The Balaban J connectivity index is 0.00000261. The van der Waals surface area contributed by atoms with E-state index in [1.54, 1.807) is 18.2 Å². The number of guanidine groups is 1. The number of hydrogen-bond donors (Lipinski definition) is 2. The molecule has 0 atom stereocenters. The van der Waals surface area contributed by atoms with Crippen molar-refractivity contribution >= 4 is 34.3 Å². The van der Waals surface area contributed by atoms with Crippen molar-refractivity contribution < 1.29 is 13.2 Å². The van der Waals surface area contributed by atoms with Gasteiger partial charge in [-0.2, -0.15) is 10.1 Å². The summed E-state index contributed by atoms with van der Waals surface area (Å²) in [6.45, 7) is 0. The second-order valence-corrected chi connectivity index (χ2v) is 8.35. The number of rotatable bonds is 5. The summed E-state index contributed by atoms with van der Waals surface area (Å²) in [5, 5.41) is 4.27. The maximum absolute atomic E-state index is 12.7. The molecule has 1 aromatic carbocycles. The zero-order chi connectivity index (χ0) is 19.1. The molecule has 0 bridgehead atoms. The molecular formula is C16H21ClN6O3S. The van der Waals surface area contributed by atoms with Crippen molar-refractivity contribution in [1.82, 2.24) is 14.1 Å². The Morgan fingerprint density at radius 3 is 2.44 bits per heavy atom. The predicted molar refractivity (Wildman–Crippen MR) is 104 cm³/mol. The highest BCUT2D eigenvalue weighted by molar-refractivity contribution is 7.89. The third-order valence-corrected chi connectivity index (χ3v) is 5.95. The van der Waals surface area contributed by atoms with Gasteiger partial charge in [0.25, 0.3) is 5.91 Å². The average molecular weight is 413 g/mol. The van der Waals surface area contributed by atoms with Gasteiger partial charge in [0.2, 0.25) is 10.0 Å². The number of para-hydroxylation sites is 1. The van der Waals surface area contributed by atoms with E-state index in [1.165, 1.54) is 31.0 Å². The van der Waals surface area contributed by atoms with Gasteiger partial charge in [0.05, 0.1) is 23.1 Å². The van der Waals surface area contributed by atoms with Crippen LogP contribution >= 0.6 is 12.4 Å². The van der Waals surface area contributed by atoms with Crippen molar-refractivity contribution in [3.8, 4) is 5.69 Å². The number of sulfonamides is 1. The second kappa shape index (κ2) is 7.67. The molecule has 1 saturated carbocycles. The first-order chi connectivity index (χ1) is 12.2. The Bertz CT molecular complexity index is 991. The van der Waals surface area contributed by atoms with Crippen molar-refractivity contribution in [2.45, 2.75) is 23.7 Å². The summed E-state index contributed by atoms with van der Waals surface area (Å²) in [5.41, 5.74) is 11.9. The van der Waals surface area contributed by atoms with E-state index in [0.717, 1.165) is 17.1 Å². The molecular weight excluding hydrogens is 392 g/mol. The second-order valence-electron chi connectivity index (χ2n) is 6.23. The maximum atomic E-state index is 12.7. The summed E-state index contributed by atoms with van der Waals surface area (Å²) in [4.78, 5) is 16.0. The van der Waals surface area contributed by atoms with Crippen LogP contribution in [0.2, 0.25) is 0 Å². The van der Waals surface area contributed by atoms with Crippen LogP contribution in [0.1, 0.15) is 34.8 Å². The molecule has 9 nitrogen and oxygen atoms in total. The molecule has 1 heterocycles. The Morgan fingerprint density at radius 2 is 1.89 bits per heavy atom. The molecule has 1 amide bonds. The standard InChI is InChI=1S/C16H20N6O3S.ClH/c1-21(2)26(24,25)13-6-4-3-5-12(13)22-14(10-7-8-10)11(9-19-22)15(23)20-16(17)18;/h3-6,9-10H,7-8H2,1-2H3,(H4,17,18,20,23);1H. The van der Waals surface area contributed by atoms with Crippen LogP contribution in [-0.2, 0) is 10.0 Å². The fourth-order valence-corrected chi connectivity index (χ4v) is 3.75. The fourth-order valence-electron chi connectivity index (χ4n) is 2.69. The van der Waals surface area contributed by atoms with E-state index in [1.807, 2.05) is 0 Å². The van der Waals surface area contributed by atoms with E-state index in [-0.39, 0.29) is 34.7 Å². The maximum Gasteiger partial charge on any atom is 0.283 e. The lowest BCUT2D eigenvalue weighted by Crippen LogP contribution is -2.24. The zero-order valence-electron chi connectivity index (χ0n) is 14.9. The molecule has 27 heavy (non-hydrogen) atoms. The third kappa shape index (κ3) is 3.97. The van der Waals surface area contributed by atoms with Crippen LogP contribution in [0.15, 0.2) is 40.4 Å². The number of aromatic nitrogens is 2. The van der Waals surface area contributed by atoms with Crippen LogP contribution < -0.4 is 11.5 Å². The SMILES string of the molecule is CN(C)S(=O)(=O)c1ccccc1-n1ncc(C(=O)N=C(N)N)c1C1CC1.Cl. The minimum atomic E-state index is -3.69. The number of nitrogens with two attached hydrogens (primary N) is 2. The normalized spacial score (nSPS) is 13.9. The average Bonchev–Trinajstić information content (AvgIpc) is 3.32. The Kier molecular flexibility index (Phi) is 5.93. The molecule has 11 heteroatoms. The van der Waals surface area contributed by atoms with Crippen LogP contribution in [0, 0.1) is 0 Å². The Labute approximate surface area is 163 Å². The smallest absolute Gasteiger partial charge is 0.283 e. The van der Waals surface area contributed by atoms with Gasteiger partial charge < -0.3 is 11.5 Å². The molecule has 0 spiro atoms. The largest absolute Gasteiger partial charge is 0.370 e. The molecule has 1 aliphatic carbocycles. The number of hydrogen-bond acceptors (Lipinski definition) is 4. The number of benzene rings is 1. The van der Waals surface area contributed by atoms with E-state index in [0.29, 0.717) is 11.4 Å². The molecule has 2 aromatic rings. The first-order valence-electron chi connectivity index (χ1n) is 7.97. The summed E-state index contributed by atoms with van der Waals surface area (Å²) >= 11 is 0. The van der Waals surface area contributed by atoms with Gasteiger partial charge in [-0.25, -0.2) is 17.4 Å². The van der Waals surface area contributed by atoms with E-state index >= 15 is 0 Å². The minimum absolute atomic E-state index is 0. The highest BCUT2D eigenvalue weighted by atomic mass is 35.5. The number of carbonyl (C=O) groups excluding carboxylic acids is 1. The van der Waals surface area contributed by atoms with Crippen LogP contribution in [-0.4, -0.2) is 48.5 Å². The number of carbonyl (C=O) groups is 1. The number of nitrogens with zero attached hydrogens (tertiary/aromatic N) is 4. The van der Waals surface area contributed by atoms with Crippen molar-refractivity contribution in [1.29, 1.82) is 0 Å². The van der Waals surface area contributed by atoms with Gasteiger partial charge in [0.15, 0.2) is 5.96 Å². The van der Waals surface area contributed by atoms with Crippen molar-refractivity contribution in [3.63, 3.8) is 0 Å². The third-order valence-electron chi connectivity index (χ3n) is 4.08. The molecule has 1 fully saturated rings. The molecule has 1 aromatic heterocycles. The first kappa shape index (κ1) is 20.9. The van der Waals surface area contributed by atoms with Crippen LogP contribution in [0.5, 0.6) is 0 Å². The van der Waals surface area contributed by atoms with Crippen LogP contribution in [0.4, 0.5) is 0 Å². The van der Waals surface area contributed by atoms with E-state index in [2.05, 4.69) is 10.1 Å². The summed E-state index contributed by atoms with van der Waals surface area (Å²) < 4.78 is 28.0. The minimum Gasteiger partial charge on any atom is -0.370 e. The fraction of sp³-hybridized carbons (Fsp3) is 0.312. The topological polar surface area (TPSA) is 137 Å². The quantitative estimate of drug-likeness (QED) is 0.551. The zero-order valence-corrected chi connectivity index (χ0v) is 16.5. The first-order valence-corrected chi connectivity index (χ1v) is 9.41. The number of aliphatic imine (C=N–C) groups is 1. The highest BCUT2D eigenvalue weighted by Gasteiger charge is 2.34. The van der Waals surface area contributed by atoms with Crippen LogP contribution in [0.25, 0.3) is 5.69 Å². The molecule has 146 valence electrons. The lowest BCUT2D eigenvalue weighted by molar-refractivity contribution is 0.100. The molecule has 0 saturated heterocycles. The van der Waals surface area contributed by atoms with Gasteiger partial charge in [-0.1, -0.05) is 12.1 Å². The lowest BCUT2D eigenvalue weighted by Gasteiger charge is -2.16. The molecule has 4 N–H and O–H groups in total. The predicted octanol–water partition coefficient (Wildman–Crippen LogP) is 0.835. The van der Waals surface area contributed by atoms with E-state index in [9.17, 15) is 13.2 Å². The van der Waals surface area contributed by atoms with Gasteiger partial charge in [-0.3, -0.25) is 4.79 Å². The Hall–Kier alpha value is -2.43. The van der Waals surface area contributed by atoms with E-state index in [4.69, 9.17) is 11.5 Å². The van der Waals surface area contributed by atoms with Gasteiger partial charge in [0, 0.05) is 20.0 Å². The molecule has 0 aliphatic heterocycles. The Morgan fingerprint density at radius 1 is 1.26 bits per heavy atom. The molecule has 1 aliphatic rings. The van der Waals surface area contributed by atoms with Crippen LogP contribution in [0.3, 0.4) is 0 Å². The van der Waals surface area contributed by atoms with Crippen molar-refractivity contribution in [2.75, 3.05) is 14.1 Å². The van der Waals surface area contributed by atoms with Gasteiger partial charge in [-0.15, -0.1) is 12.4 Å². The summed E-state index contributed by atoms with van der Waals surface area (Å²) in [6, 6.07) is 6.54. The number of amides is 1. The monoisotopic (exact) mass is 412 g/mol. The lowest BCUT2D eigenvalue weighted by atomic mass is 10.1. The molecule has 0 radical (unpaired) electrons. The van der Waals surface area contributed by atoms with Crippen molar-refractivity contribution in [2.24, 2.45) is 16.5 Å². The number of halogens is 1. The summed E-state index contributed by atoms with van der Waals surface area (Å²) in [7, 11) is -0.762. The highest BCUT2D eigenvalue weighted by Crippen LogP contribution is 2.43.